The summed E-state index contributed by atoms with van der Waals surface area (Å²) < 4.78 is 6.97. The van der Waals surface area contributed by atoms with Crippen LogP contribution in [0.15, 0.2) is 28.7 Å². The van der Waals surface area contributed by atoms with Crippen molar-refractivity contribution in [1.29, 1.82) is 0 Å². The van der Waals surface area contributed by atoms with Crippen molar-refractivity contribution in [2.24, 2.45) is 0 Å². The minimum absolute atomic E-state index is 0.295. The molecular weight excluding hydrogens is 316 g/mol. The second kappa shape index (κ2) is 7.55. The van der Waals surface area contributed by atoms with Crippen molar-refractivity contribution in [2.75, 3.05) is 26.2 Å². The lowest BCUT2D eigenvalue weighted by molar-refractivity contribution is -0.0379. The number of nitrogens with one attached hydrogen (secondary N) is 1. The Kier molecular flexibility index (Phi) is 6.02. The third-order valence-electron chi connectivity index (χ3n) is 3.92. The molecule has 0 saturated carbocycles. The van der Waals surface area contributed by atoms with E-state index < -0.39 is 0 Å². The Labute approximate surface area is 130 Å². The van der Waals surface area contributed by atoms with Gasteiger partial charge in [-0.1, -0.05) is 28.1 Å². The second-order valence-electron chi connectivity index (χ2n) is 5.76. The number of hydrogen-bond donors (Lipinski definition) is 1. The standard InChI is InChI=1S/C16H25BrN2O/c1-12(2)19-8-9-20-16(11-19)10-18-13(3)14-4-6-15(17)7-5-14/h4-7,12-13,16,18H,8-11H2,1-3H3/t13-,16?/m0/s1. The van der Waals surface area contributed by atoms with Crippen LogP contribution in [0.4, 0.5) is 0 Å². The van der Waals surface area contributed by atoms with Crippen LogP contribution < -0.4 is 5.32 Å². The molecule has 0 aromatic heterocycles. The van der Waals surface area contributed by atoms with Gasteiger partial charge >= 0.3 is 0 Å². The summed E-state index contributed by atoms with van der Waals surface area (Å²) in [6.45, 7) is 10.5. The van der Waals surface area contributed by atoms with E-state index in [-0.39, 0.29) is 0 Å². The highest BCUT2D eigenvalue weighted by Crippen LogP contribution is 2.17. The normalized spacial score (nSPS) is 22.1. The van der Waals surface area contributed by atoms with Gasteiger partial charge in [-0.2, -0.15) is 0 Å². The zero-order chi connectivity index (χ0) is 14.5. The van der Waals surface area contributed by atoms with Crippen LogP contribution in [0.3, 0.4) is 0 Å². The molecule has 3 nitrogen and oxygen atoms in total. The molecule has 1 N–H and O–H groups in total. The van der Waals surface area contributed by atoms with E-state index in [1.807, 2.05) is 0 Å². The van der Waals surface area contributed by atoms with Gasteiger partial charge in [0.05, 0.1) is 12.7 Å². The molecule has 4 heteroatoms. The number of morpholine rings is 1. The second-order valence-corrected chi connectivity index (χ2v) is 6.68. The van der Waals surface area contributed by atoms with Crippen molar-refractivity contribution in [3.05, 3.63) is 34.3 Å². The molecular formula is C16H25BrN2O. The zero-order valence-electron chi connectivity index (χ0n) is 12.6. The van der Waals surface area contributed by atoms with Gasteiger partial charge in [-0.25, -0.2) is 0 Å². The predicted octanol–water partition coefficient (Wildman–Crippen LogP) is 3.21. The number of rotatable bonds is 5. The maximum absolute atomic E-state index is 5.85. The van der Waals surface area contributed by atoms with Crippen LogP contribution in [0.2, 0.25) is 0 Å². The van der Waals surface area contributed by atoms with Crippen LogP contribution >= 0.6 is 15.9 Å². The average molecular weight is 341 g/mol. The maximum atomic E-state index is 5.85. The van der Waals surface area contributed by atoms with E-state index in [0.717, 1.165) is 30.7 Å². The van der Waals surface area contributed by atoms with Gasteiger partial charge in [0.2, 0.25) is 0 Å². The molecule has 1 saturated heterocycles. The topological polar surface area (TPSA) is 24.5 Å². The summed E-state index contributed by atoms with van der Waals surface area (Å²) >= 11 is 3.47. The number of hydrogen-bond acceptors (Lipinski definition) is 3. The van der Waals surface area contributed by atoms with Crippen LogP contribution in [-0.2, 0) is 4.74 Å². The molecule has 1 aromatic carbocycles. The van der Waals surface area contributed by atoms with Gasteiger partial charge in [0.1, 0.15) is 0 Å². The predicted molar refractivity (Wildman–Crippen MR) is 87.0 cm³/mol. The fourth-order valence-corrected chi connectivity index (χ4v) is 2.78. The molecule has 1 aliphatic heterocycles. The first-order chi connectivity index (χ1) is 9.56. The van der Waals surface area contributed by atoms with E-state index in [4.69, 9.17) is 4.74 Å². The molecule has 1 aliphatic rings. The van der Waals surface area contributed by atoms with Crippen molar-refractivity contribution < 1.29 is 4.74 Å². The van der Waals surface area contributed by atoms with Crippen LogP contribution in [0.25, 0.3) is 0 Å². The van der Waals surface area contributed by atoms with Crippen molar-refractivity contribution in [2.45, 2.75) is 39.0 Å². The number of nitrogens with zero attached hydrogens (tertiary/aromatic N) is 1. The van der Waals surface area contributed by atoms with Gasteiger partial charge in [-0.3, -0.25) is 4.90 Å². The van der Waals surface area contributed by atoms with Crippen molar-refractivity contribution in [3.63, 3.8) is 0 Å². The third kappa shape index (κ3) is 4.55. The fraction of sp³-hybridized carbons (Fsp3) is 0.625. The molecule has 1 heterocycles. The van der Waals surface area contributed by atoms with Crippen molar-refractivity contribution >= 4 is 15.9 Å². The smallest absolute Gasteiger partial charge is 0.0827 e. The first-order valence-electron chi connectivity index (χ1n) is 7.40. The Bertz CT molecular complexity index is 407. The number of ether oxygens (including phenoxy) is 1. The summed E-state index contributed by atoms with van der Waals surface area (Å²) in [6, 6.07) is 9.44. The zero-order valence-corrected chi connectivity index (χ0v) is 14.2. The van der Waals surface area contributed by atoms with E-state index in [2.05, 4.69) is 71.2 Å². The van der Waals surface area contributed by atoms with Gasteiger partial charge < -0.3 is 10.1 Å². The van der Waals surface area contributed by atoms with E-state index in [1.165, 1.54) is 5.56 Å². The Balaban J connectivity index is 1.81. The lowest BCUT2D eigenvalue weighted by Gasteiger charge is -2.36. The molecule has 1 aromatic rings. The summed E-state index contributed by atoms with van der Waals surface area (Å²) in [7, 11) is 0. The van der Waals surface area contributed by atoms with Crippen molar-refractivity contribution in [1.82, 2.24) is 10.2 Å². The summed E-state index contributed by atoms with van der Waals surface area (Å²) in [6.07, 6.45) is 0.295. The maximum Gasteiger partial charge on any atom is 0.0827 e. The third-order valence-corrected chi connectivity index (χ3v) is 4.45. The van der Waals surface area contributed by atoms with E-state index in [9.17, 15) is 0 Å². The van der Waals surface area contributed by atoms with Gasteiger partial charge in [0.15, 0.2) is 0 Å². The van der Waals surface area contributed by atoms with Gasteiger partial charge in [-0.05, 0) is 38.5 Å². The molecule has 2 atom stereocenters. The summed E-state index contributed by atoms with van der Waals surface area (Å²) in [5.41, 5.74) is 1.31. The molecule has 112 valence electrons. The fourth-order valence-electron chi connectivity index (χ4n) is 2.51. The van der Waals surface area contributed by atoms with E-state index >= 15 is 0 Å². The van der Waals surface area contributed by atoms with Crippen LogP contribution in [-0.4, -0.2) is 43.3 Å². The number of halogens is 1. The summed E-state index contributed by atoms with van der Waals surface area (Å²) in [4.78, 5) is 2.49. The first-order valence-corrected chi connectivity index (χ1v) is 8.20. The quantitative estimate of drug-likeness (QED) is 0.890. The molecule has 0 amide bonds. The highest BCUT2D eigenvalue weighted by Gasteiger charge is 2.22. The van der Waals surface area contributed by atoms with Gasteiger partial charge in [0.25, 0.3) is 0 Å². The Morgan fingerprint density at radius 2 is 2.00 bits per heavy atom. The highest BCUT2D eigenvalue weighted by atomic mass is 79.9. The van der Waals surface area contributed by atoms with Gasteiger partial charge in [-0.15, -0.1) is 0 Å². The Hall–Kier alpha value is -0.420. The van der Waals surface area contributed by atoms with Crippen LogP contribution in [0.5, 0.6) is 0 Å². The van der Waals surface area contributed by atoms with Crippen LogP contribution in [0.1, 0.15) is 32.4 Å². The Morgan fingerprint density at radius 3 is 2.65 bits per heavy atom. The summed E-state index contributed by atoms with van der Waals surface area (Å²) in [5, 5.41) is 3.58. The molecule has 0 bridgehead atoms. The SMILES string of the molecule is CC(C)N1CCOC(CN[C@@H](C)c2ccc(Br)cc2)C1. The molecule has 1 fully saturated rings. The highest BCUT2D eigenvalue weighted by molar-refractivity contribution is 9.10. The van der Waals surface area contributed by atoms with E-state index in [1.54, 1.807) is 0 Å². The molecule has 0 aliphatic carbocycles. The van der Waals surface area contributed by atoms with Gasteiger partial charge in [0, 0.05) is 36.2 Å². The first kappa shape index (κ1) is 16.0. The largest absolute Gasteiger partial charge is 0.374 e. The molecule has 0 radical (unpaired) electrons. The average Bonchev–Trinajstić information content (AvgIpc) is 2.46. The molecule has 20 heavy (non-hydrogen) atoms. The summed E-state index contributed by atoms with van der Waals surface area (Å²) in [5.74, 6) is 0. The van der Waals surface area contributed by atoms with Crippen molar-refractivity contribution in [3.8, 4) is 0 Å². The number of benzene rings is 1. The molecule has 0 spiro atoms. The lowest BCUT2D eigenvalue weighted by Crippen LogP contribution is -2.49. The molecule has 1 unspecified atom stereocenters. The molecule has 2 rings (SSSR count). The monoisotopic (exact) mass is 340 g/mol. The minimum Gasteiger partial charge on any atom is -0.374 e. The van der Waals surface area contributed by atoms with E-state index in [0.29, 0.717) is 18.2 Å². The minimum atomic E-state index is 0.295. The Morgan fingerprint density at radius 1 is 1.30 bits per heavy atom. The van der Waals surface area contributed by atoms with Crippen LogP contribution in [0, 0.1) is 0 Å². The lowest BCUT2D eigenvalue weighted by atomic mass is 10.1.